The molecule has 6 nitrogen and oxygen atoms in total. The van der Waals surface area contributed by atoms with Crippen molar-refractivity contribution in [1.82, 2.24) is 0 Å². The molecular weight excluding hydrogens is 195 g/mol. The van der Waals surface area contributed by atoms with Crippen LogP contribution in [0.1, 0.15) is 0 Å². The maximum atomic E-state index is 8.42. The Morgan fingerprint density at radius 1 is 0.818 bits per heavy atom. The molecule has 0 aromatic rings. The van der Waals surface area contributed by atoms with Gasteiger partial charge in [-0.1, -0.05) is 0 Å². The van der Waals surface area contributed by atoms with Gasteiger partial charge < -0.3 is 47.3 Å². The van der Waals surface area contributed by atoms with Crippen LogP contribution in [0.2, 0.25) is 0 Å². The van der Waals surface area contributed by atoms with Crippen molar-refractivity contribution < 1.29 is 22.8 Å². The van der Waals surface area contributed by atoms with Crippen molar-refractivity contribution in [2.75, 3.05) is 0 Å². The van der Waals surface area contributed by atoms with E-state index in [1.54, 1.807) is 0 Å². The van der Waals surface area contributed by atoms with Gasteiger partial charge in [-0.2, -0.15) is 0 Å². The van der Waals surface area contributed by atoms with E-state index in [0.717, 1.165) is 0 Å². The molecule has 0 atom stereocenters. The van der Waals surface area contributed by atoms with Crippen molar-refractivity contribution >= 4 is 0 Å². The van der Waals surface area contributed by atoms with Gasteiger partial charge in [-0.3, -0.25) is 0 Å². The van der Waals surface area contributed by atoms with E-state index in [2.05, 4.69) is 0 Å². The van der Waals surface area contributed by atoms with Crippen LogP contribution in [0.25, 0.3) is 0 Å². The minimum atomic E-state index is -0.625. The molecule has 0 radical (unpaired) electrons. The second kappa shape index (κ2) is 691. The van der Waals surface area contributed by atoms with Crippen LogP contribution in [0.4, 0.5) is 0 Å². The average molecular weight is 196 g/mol. The van der Waals surface area contributed by atoms with Crippen LogP contribution in [0, 0.1) is 47.3 Å². The van der Waals surface area contributed by atoms with E-state index in [1.807, 2.05) is 0 Å². The molecule has 0 unspecified atom stereocenters. The first-order valence-electron chi connectivity index (χ1n) is 1.16. The van der Waals surface area contributed by atoms with Crippen LogP contribution in [-0.4, -0.2) is 4.25 Å². The fraction of sp³-hybridized carbons (Fsp3) is 0. The maximum absolute atomic E-state index is 8.42. The molecule has 7 heteroatoms. The Morgan fingerprint density at radius 3 is 0.818 bits per heavy atom. The molecule has 0 aliphatic rings. The third-order valence-electron chi connectivity index (χ3n) is 0. The predicted molar refractivity (Wildman–Crippen MR) is 22.8 cm³/mol. The number of hydrogen-bond acceptors (Lipinski definition) is 5. The molecule has 0 aliphatic carbocycles. The van der Waals surface area contributed by atoms with Crippen LogP contribution in [0.3, 0.4) is 0 Å². The van der Waals surface area contributed by atoms with E-state index >= 15 is 0 Å². The molecule has 0 heterocycles. The van der Waals surface area contributed by atoms with E-state index in [9.17, 15) is 0 Å². The van der Waals surface area contributed by atoms with Gasteiger partial charge in [-0.15, -0.1) is 0 Å². The van der Waals surface area contributed by atoms with E-state index in [0.29, 0.717) is 0 Å². The number of rotatable bonds is 0. The molecule has 1 N–H and O–H groups in total. The fourth-order valence-electron chi connectivity index (χ4n) is 0. The molecule has 0 saturated carbocycles. The van der Waals surface area contributed by atoms with Gasteiger partial charge in [0.2, 0.25) is 0 Å². The predicted octanol–water partition coefficient (Wildman–Crippen LogP) is -0.293. The van der Waals surface area contributed by atoms with Gasteiger partial charge in [0.1, 0.15) is 0 Å². The van der Waals surface area contributed by atoms with Gasteiger partial charge in [-0.05, 0) is 0 Å². The Hall–Kier alpha value is -1.79. The molecular formula is C4HN4NiO2-4. The van der Waals surface area contributed by atoms with E-state index in [-0.39, 0.29) is 0 Å². The third kappa shape index (κ3) is 99.4. The molecule has 0 saturated heterocycles. The topological polar surface area (TPSA) is 132 Å². The zero-order valence-corrected chi connectivity index (χ0v) is 5.95. The van der Waals surface area contributed by atoms with E-state index in [1.165, 1.54) is 0 Å². The van der Waals surface area contributed by atoms with E-state index < -0.39 is 14.7 Å². The second-order valence-corrected chi connectivity index (χ2v) is 0.238. The molecule has 0 spiro atoms. The summed E-state index contributed by atoms with van der Waals surface area (Å²) in [4.78, 5) is 0. The SMILES string of the molecule is [C-]#N.[C-]#N.[C-]#N.[C-]#N.[O]=[Ni][OH]. The summed E-state index contributed by atoms with van der Waals surface area (Å²) in [6.45, 7) is 19.0. The zero-order valence-electron chi connectivity index (χ0n) is 4.96. The Morgan fingerprint density at radius 2 is 0.818 bits per heavy atom. The first-order valence-corrected chi connectivity index (χ1v) is 2.01. The first-order chi connectivity index (χ1) is 5.41. The molecule has 0 amide bonds. The van der Waals surface area contributed by atoms with Crippen LogP contribution >= 0.6 is 0 Å². The van der Waals surface area contributed by atoms with Gasteiger partial charge in [0.25, 0.3) is 0 Å². The van der Waals surface area contributed by atoms with Crippen molar-refractivity contribution in [3.63, 3.8) is 0 Å². The summed E-state index contributed by atoms with van der Waals surface area (Å²) < 4.78 is 15.4. The summed E-state index contributed by atoms with van der Waals surface area (Å²) in [5.74, 6) is 0. The molecule has 0 aromatic heterocycles. The Bertz CT molecular complexity index is 92.2. The summed E-state index contributed by atoms with van der Waals surface area (Å²) in [5.41, 5.74) is 0. The van der Waals surface area contributed by atoms with Crippen molar-refractivity contribution in [2.24, 2.45) is 0 Å². The monoisotopic (exact) mass is 195 g/mol. The van der Waals surface area contributed by atoms with Gasteiger partial charge in [-0.25, -0.2) is 0 Å². The molecule has 0 aromatic carbocycles. The number of hydrogen-bond donors (Lipinski definition) is 1. The Balaban J connectivity index is -0.0000000139. The van der Waals surface area contributed by atoms with Crippen molar-refractivity contribution in [2.45, 2.75) is 0 Å². The quantitative estimate of drug-likeness (QED) is 0.417. The van der Waals surface area contributed by atoms with Gasteiger partial charge in [0, 0.05) is 0 Å². The van der Waals surface area contributed by atoms with Gasteiger partial charge in [0.15, 0.2) is 0 Å². The third-order valence-corrected chi connectivity index (χ3v) is 0. The van der Waals surface area contributed by atoms with Crippen LogP contribution in [0.5, 0.6) is 0 Å². The molecule has 0 aliphatic heterocycles. The summed E-state index contributed by atoms with van der Waals surface area (Å²) in [7, 11) is 0. The van der Waals surface area contributed by atoms with Crippen molar-refractivity contribution in [3.05, 3.63) is 26.3 Å². The zero-order chi connectivity index (χ0) is 10.7. The Kier molecular flexibility index (Phi) is 2200. The van der Waals surface area contributed by atoms with Gasteiger partial charge >= 0.3 is 22.8 Å². The summed E-state index contributed by atoms with van der Waals surface area (Å²) in [6.07, 6.45) is 0. The average Bonchev–Trinajstić information content (AvgIpc) is 2.18. The molecule has 11 heavy (non-hydrogen) atoms. The summed E-state index contributed by atoms with van der Waals surface area (Å²) in [6, 6.07) is 0. The van der Waals surface area contributed by atoms with Crippen molar-refractivity contribution in [3.8, 4) is 0 Å². The molecule has 0 bridgehead atoms. The molecule has 63 valence electrons. The Labute approximate surface area is 70.8 Å². The first kappa shape index (κ1) is 35.0. The van der Waals surface area contributed by atoms with E-state index in [4.69, 9.17) is 55.5 Å². The molecule has 0 rings (SSSR count). The van der Waals surface area contributed by atoms with Crippen molar-refractivity contribution in [1.29, 1.82) is 21.0 Å². The van der Waals surface area contributed by atoms with Crippen LogP contribution in [0.15, 0.2) is 0 Å². The number of nitrogens with zero attached hydrogens (tertiary/aromatic N) is 4. The minimum absolute atomic E-state index is 0.625. The normalized spacial score (nSPS) is 2.64. The fourth-order valence-corrected chi connectivity index (χ4v) is 0. The van der Waals surface area contributed by atoms with Crippen LogP contribution in [-0.2, 0) is 18.6 Å². The summed E-state index contributed by atoms with van der Waals surface area (Å²) in [5, 5.41) is 25.0. The van der Waals surface area contributed by atoms with Gasteiger partial charge in [0.05, 0.1) is 0 Å². The summed E-state index contributed by atoms with van der Waals surface area (Å²) >= 11 is -0.625. The van der Waals surface area contributed by atoms with Crippen LogP contribution < -0.4 is 0 Å². The second-order valence-electron chi connectivity index (χ2n) is 0.0577. The molecule has 0 fully saturated rings. The standard InChI is InChI=1S/4CN.Ni.H2O.O/c4*1-2;;;/h;;;;;1H2;/q4*-1;+1;;/p-1.